The summed E-state index contributed by atoms with van der Waals surface area (Å²) in [4.78, 5) is 24.4. The van der Waals surface area contributed by atoms with E-state index in [1.165, 1.54) is 6.21 Å². The van der Waals surface area contributed by atoms with E-state index in [0.717, 1.165) is 23.4 Å². The molecule has 0 atom stereocenters. The van der Waals surface area contributed by atoms with Gasteiger partial charge in [0.15, 0.2) is 0 Å². The molecule has 0 saturated heterocycles. The van der Waals surface area contributed by atoms with Crippen molar-refractivity contribution in [2.75, 3.05) is 11.9 Å². The molecule has 4 aromatic rings. The molecular weight excluding hydrogens is 478 g/mol. The summed E-state index contributed by atoms with van der Waals surface area (Å²) < 4.78 is 7.40. The highest BCUT2D eigenvalue weighted by Crippen LogP contribution is 2.25. The Labute approximate surface area is 213 Å². The number of nitrogens with one attached hydrogen (secondary N) is 2. The minimum atomic E-state index is -0.907. The summed E-state index contributed by atoms with van der Waals surface area (Å²) in [7, 11) is 0. The van der Waals surface area contributed by atoms with Gasteiger partial charge in [0.25, 0.3) is 0 Å². The zero-order valence-electron chi connectivity index (χ0n) is 19.5. The van der Waals surface area contributed by atoms with E-state index >= 15 is 0 Å². The maximum absolute atomic E-state index is 12.2. The number of hydrazone groups is 1. The van der Waals surface area contributed by atoms with Crippen LogP contribution in [0.25, 0.3) is 16.9 Å². The molecule has 2 N–H and O–H groups in total. The van der Waals surface area contributed by atoms with E-state index in [2.05, 4.69) is 22.8 Å². The number of hydrogen-bond acceptors (Lipinski definition) is 5. The lowest BCUT2D eigenvalue weighted by atomic mass is 10.1. The third-order valence-electron chi connectivity index (χ3n) is 5.04. The Balaban J connectivity index is 1.52. The number of carbonyl (C=O) groups is 2. The van der Waals surface area contributed by atoms with Crippen molar-refractivity contribution in [1.29, 1.82) is 0 Å². The van der Waals surface area contributed by atoms with Crippen LogP contribution in [0.3, 0.4) is 0 Å². The third-order valence-corrected chi connectivity index (χ3v) is 5.29. The van der Waals surface area contributed by atoms with Gasteiger partial charge in [-0.1, -0.05) is 36.7 Å². The van der Waals surface area contributed by atoms with Crippen LogP contribution in [0.2, 0.25) is 5.02 Å². The number of amides is 2. The summed E-state index contributed by atoms with van der Waals surface area (Å²) in [5.74, 6) is -0.981. The van der Waals surface area contributed by atoms with Crippen molar-refractivity contribution in [2.45, 2.75) is 13.3 Å². The van der Waals surface area contributed by atoms with Crippen LogP contribution in [0, 0.1) is 0 Å². The number of halogens is 1. The third kappa shape index (κ3) is 6.37. The molecule has 0 fully saturated rings. The number of hydrogen-bond donors (Lipinski definition) is 2. The zero-order valence-corrected chi connectivity index (χ0v) is 20.3. The molecule has 0 bridgehead atoms. The van der Waals surface area contributed by atoms with E-state index in [4.69, 9.17) is 21.4 Å². The van der Waals surface area contributed by atoms with Gasteiger partial charge in [-0.15, -0.1) is 0 Å². The Morgan fingerprint density at radius 3 is 2.42 bits per heavy atom. The van der Waals surface area contributed by atoms with Crippen molar-refractivity contribution in [3.8, 4) is 22.7 Å². The van der Waals surface area contributed by atoms with Crippen molar-refractivity contribution in [2.24, 2.45) is 5.10 Å². The lowest BCUT2D eigenvalue weighted by Gasteiger charge is -2.05. The molecule has 182 valence electrons. The summed E-state index contributed by atoms with van der Waals surface area (Å²) >= 11 is 5.84. The minimum Gasteiger partial charge on any atom is -0.494 e. The van der Waals surface area contributed by atoms with Gasteiger partial charge >= 0.3 is 11.8 Å². The van der Waals surface area contributed by atoms with E-state index in [-0.39, 0.29) is 0 Å². The molecule has 9 heteroatoms. The predicted molar refractivity (Wildman–Crippen MR) is 141 cm³/mol. The second-order valence-electron chi connectivity index (χ2n) is 7.75. The highest BCUT2D eigenvalue weighted by Gasteiger charge is 2.14. The predicted octanol–water partition coefficient (Wildman–Crippen LogP) is 5.07. The number of benzene rings is 3. The molecule has 0 radical (unpaired) electrons. The molecule has 0 unspecified atom stereocenters. The maximum atomic E-state index is 12.2. The summed E-state index contributed by atoms with van der Waals surface area (Å²) in [6.45, 7) is 2.70. The quantitative estimate of drug-likeness (QED) is 0.200. The normalized spacial score (nSPS) is 10.8. The highest BCUT2D eigenvalue weighted by molar-refractivity contribution is 6.39. The van der Waals surface area contributed by atoms with E-state index in [1.807, 2.05) is 54.6 Å². The summed E-state index contributed by atoms with van der Waals surface area (Å²) in [5, 5.41) is 11.7. The fourth-order valence-electron chi connectivity index (χ4n) is 3.28. The van der Waals surface area contributed by atoms with Crippen molar-refractivity contribution in [1.82, 2.24) is 15.2 Å². The van der Waals surface area contributed by atoms with Gasteiger partial charge in [-0.2, -0.15) is 10.2 Å². The van der Waals surface area contributed by atoms with Crippen LogP contribution in [0.4, 0.5) is 5.69 Å². The molecule has 0 saturated carbocycles. The topological polar surface area (TPSA) is 97.6 Å². The fourth-order valence-corrected chi connectivity index (χ4v) is 3.41. The molecule has 36 heavy (non-hydrogen) atoms. The Hall–Kier alpha value is -4.43. The van der Waals surface area contributed by atoms with Crippen LogP contribution in [0.15, 0.2) is 90.2 Å². The Morgan fingerprint density at radius 2 is 1.72 bits per heavy atom. The van der Waals surface area contributed by atoms with Crippen molar-refractivity contribution in [3.05, 3.63) is 95.6 Å². The Bertz CT molecular complexity index is 1350. The Kier molecular flexibility index (Phi) is 8.10. The van der Waals surface area contributed by atoms with Crippen LogP contribution in [0.5, 0.6) is 5.75 Å². The first-order valence-electron chi connectivity index (χ1n) is 11.3. The fraction of sp³-hybridized carbons (Fsp3) is 0.111. The average molecular weight is 502 g/mol. The molecule has 4 rings (SSSR count). The summed E-state index contributed by atoms with van der Waals surface area (Å²) in [5.41, 5.74) is 5.73. The lowest BCUT2D eigenvalue weighted by Crippen LogP contribution is -2.32. The van der Waals surface area contributed by atoms with Crippen LogP contribution < -0.4 is 15.5 Å². The van der Waals surface area contributed by atoms with E-state index < -0.39 is 11.8 Å². The number of rotatable bonds is 8. The number of aromatic nitrogens is 2. The van der Waals surface area contributed by atoms with Gasteiger partial charge in [0.2, 0.25) is 0 Å². The smallest absolute Gasteiger partial charge is 0.329 e. The first-order chi connectivity index (χ1) is 17.5. The lowest BCUT2D eigenvalue weighted by molar-refractivity contribution is -0.136. The second-order valence-corrected chi connectivity index (χ2v) is 8.18. The minimum absolute atomic E-state index is 0.446. The van der Waals surface area contributed by atoms with Gasteiger partial charge in [0.1, 0.15) is 11.4 Å². The average Bonchev–Trinajstić information content (AvgIpc) is 3.33. The van der Waals surface area contributed by atoms with Gasteiger partial charge in [-0.05, 0) is 67.1 Å². The van der Waals surface area contributed by atoms with Gasteiger partial charge in [-0.25, -0.2) is 10.1 Å². The number of ether oxygens (including phenoxy) is 1. The van der Waals surface area contributed by atoms with Crippen molar-refractivity contribution in [3.63, 3.8) is 0 Å². The van der Waals surface area contributed by atoms with Gasteiger partial charge in [0.05, 0.1) is 18.5 Å². The molecule has 1 heterocycles. The molecule has 3 aromatic carbocycles. The van der Waals surface area contributed by atoms with E-state index in [1.54, 1.807) is 35.1 Å². The van der Waals surface area contributed by atoms with Crippen LogP contribution in [-0.4, -0.2) is 34.4 Å². The van der Waals surface area contributed by atoms with Crippen LogP contribution in [-0.2, 0) is 9.59 Å². The Morgan fingerprint density at radius 1 is 1.00 bits per heavy atom. The molecule has 0 spiro atoms. The van der Waals surface area contributed by atoms with E-state index in [9.17, 15) is 9.59 Å². The van der Waals surface area contributed by atoms with Gasteiger partial charge in [0, 0.05) is 28.0 Å². The first kappa shape index (κ1) is 24.7. The second kappa shape index (κ2) is 11.8. The molecule has 0 aliphatic rings. The van der Waals surface area contributed by atoms with E-state index in [0.29, 0.717) is 28.6 Å². The molecule has 8 nitrogen and oxygen atoms in total. The standard InChI is InChI=1S/C27H24ClN5O3/c1-2-16-36-24-14-8-19(9-15-24)25-20(18-33(32-25)23-6-4-3-5-7-23)17-29-31-27(35)26(34)30-22-12-10-21(28)11-13-22/h3-15,17-18H,2,16H2,1H3,(H,30,34)(H,31,35)/b29-17+. The molecule has 1 aromatic heterocycles. The van der Waals surface area contributed by atoms with Gasteiger partial charge < -0.3 is 10.1 Å². The van der Waals surface area contributed by atoms with Crippen molar-refractivity contribution < 1.29 is 14.3 Å². The summed E-state index contributed by atoms with van der Waals surface area (Å²) in [6.07, 6.45) is 4.18. The first-order valence-corrected chi connectivity index (χ1v) is 11.7. The maximum Gasteiger partial charge on any atom is 0.329 e. The number of nitrogens with zero attached hydrogens (tertiary/aromatic N) is 3. The molecule has 0 aliphatic carbocycles. The molecule has 0 aliphatic heterocycles. The monoisotopic (exact) mass is 501 g/mol. The van der Waals surface area contributed by atoms with Gasteiger partial charge in [-0.3, -0.25) is 9.59 Å². The zero-order chi connectivity index (χ0) is 25.3. The molecular formula is C27H24ClN5O3. The number of para-hydroxylation sites is 1. The van der Waals surface area contributed by atoms with Crippen LogP contribution in [0.1, 0.15) is 18.9 Å². The van der Waals surface area contributed by atoms with Crippen molar-refractivity contribution >= 4 is 35.3 Å². The van der Waals surface area contributed by atoms with Crippen LogP contribution >= 0.6 is 11.6 Å². The number of anilines is 1. The number of carbonyl (C=O) groups excluding carboxylic acids is 2. The largest absolute Gasteiger partial charge is 0.494 e. The highest BCUT2D eigenvalue weighted by atomic mass is 35.5. The SMILES string of the molecule is CCCOc1ccc(-c2nn(-c3ccccc3)cc2/C=N/NC(=O)C(=O)Nc2ccc(Cl)cc2)cc1. The summed E-state index contributed by atoms with van der Waals surface area (Å²) in [6, 6.07) is 23.7. The molecule has 2 amide bonds.